The molecule has 0 aliphatic rings. The van der Waals surface area contributed by atoms with Gasteiger partial charge in [-0.2, -0.15) is 13.2 Å². The van der Waals surface area contributed by atoms with Gasteiger partial charge in [0.15, 0.2) is 0 Å². The number of methoxy groups -OCH3 is 1. The van der Waals surface area contributed by atoms with Crippen molar-refractivity contribution < 1.29 is 27.5 Å². The summed E-state index contributed by atoms with van der Waals surface area (Å²) in [5.41, 5.74) is -0.954. The Bertz CT molecular complexity index is 1100. The van der Waals surface area contributed by atoms with Gasteiger partial charge in [-0.25, -0.2) is 0 Å². The number of amides is 2. The van der Waals surface area contributed by atoms with E-state index in [4.69, 9.17) is 4.74 Å². The number of carbonyl (C=O) groups excluding carboxylic acids is 2. The first-order valence-electron chi connectivity index (χ1n) is 8.42. The summed E-state index contributed by atoms with van der Waals surface area (Å²) >= 11 is 0. The molecule has 0 spiro atoms. The summed E-state index contributed by atoms with van der Waals surface area (Å²) in [6.07, 6.45) is -3.84. The molecule has 3 aromatic rings. The number of carbonyl (C=O) groups is 2. The third-order valence-corrected chi connectivity index (χ3v) is 4.07. The zero-order valence-electron chi connectivity index (χ0n) is 15.4. The maximum absolute atomic E-state index is 13.7. The van der Waals surface area contributed by atoms with E-state index >= 15 is 0 Å². The molecule has 3 rings (SSSR count). The van der Waals surface area contributed by atoms with Crippen molar-refractivity contribution in [2.75, 3.05) is 17.7 Å². The normalized spacial score (nSPS) is 11.2. The third kappa shape index (κ3) is 4.29. The van der Waals surface area contributed by atoms with Gasteiger partial charge in [-0.15, -0.1) is 0 Å². The summed E-state index contributed by atoms with van der Waals surface area (Å²) in [6.45, 7) is 1.32. The number of anilines is 2. The number of para-hydroxylation sites is 1. The van der Waals surface area contributed by atoms with Crippen LogP contribution in [0.1, 0.15) is 22.8 Å². The van der Waals surface area contributed by atoms with Crippen molar-refractivity contribution in [2.24, 2.45) is 0 Å². The predicted octanol–water partition coefficient (Wildman–Crippen LogP) is 4.47. The fourth-order valence-electron chi connectivity index (χ4n) is 2.88. The number of hydrogen-bond acceptors (Lipinski definition) is 4. The fourth-order valence-corrected chi connectivity index (χ4v) is 2.88. The van der Waals surface area contributed by atoms with E-state index in [9.17, 15) is 22.8 Å². The van der Waals surface area contributed by atoms with Crippen LogP contribution >= 0.6 is 0 Å². The SMILES string of the molecule is COc1cc(NC(=O)c2cnc3ccccc3c2C(F)(F)F)ccc1NC(C)=O. The smallest absolute Gasteiger partial charge is 0.417 e. The number of pyridine rings is 1. The molecule has 1 heterocycles. The minimum Gasteiger partial charge on any atom is -0.494 e. The van der Waals surface area contributed by atoms with Crippen LogP contribution in [0.15, 0.2) is 48.7 Å². The molecule has 0 bridgehead atoms. The number of fused-ring (bicyclic) bond motifs is 1. The second-order valence-electron chi connectivity index (χ2n) is 6.11. The maximum Gasteiger partial charge on any atom is 0.417 e. The third-order valence-electron chi connectivity index (χ3n) is 4.07. The molecule has 29 heavy (non-hydrogen) atoms. The summed E-state index contributed by atoms with van der Waals surface area (Å²) < 4.78 is 46.3. The minimum atomic E-state index is -4.75. The number of alkyl halides is 3. The average molecular weight is 403 g/mol. The first-order chi connectivity index (χ1) is 13.7. The average Bonchev–Trinajstić information content (AvgIpc) is 2.67. The Morgan fingerprint density at radius 3 is 2.45 bits per heavy atom. The molecule has 6 nitrogen and oxygen atoms in total. The monoisotopic (exact) mass is 403 g/mol. The van der Waals surface area contributed by atoms with Crippen LogP contribution in [0, 0.1) is 0 Å². The molecule has 0 saturated carbocycles. The molecule has 150 valence electrons. The maximum atomic E-state index is 13.7. The van der Waals surface area contributed by atoms with Crippen LogP contribution in [0.2, 0.25) is 0 Å². The van der Waals surface area contributed by atoms with Gasteiger partial charge in [0.25, 0.3) is 5.91 Å². The zero-order chi connectivity index (χ0) is 21.2. The molecular formula is C20H16F3N3O3. The van der Waals surface area contributed by atoms with Crippen molar-refractivity contribution in [1.82, 2.24) is 4.98 Å². The lowest BCUT2D eigenvalue weighted by Crippen LogP contribution is -2.20. The van der Waals surface area contributed by atoms with E-state index in [1.807, 2.05) is 0 Å². The second-order valence-corrected chi connectivity index (χ2v) is 6.11. The highest BCUT2D eigenvalue weighted by Gasteiger charge is 2.37. The Morgan fingerprint density at radius 2 is 1.79 bits per heavy atom. The van der Waals surface area contributed by atoms with E-state index in [1.165, 1.54) is 50.4 Å². The van der Waals surface area contributed by atoms with Gasteiger partial charge in [0, 0.05) is 30.3 Å². The van der Waals surface area contributed by atoms with Crippen molar-refractivity contribution >= 4 is 34.1 Å². The number of hydrogen-bond donors (Lipinski definition) is 2. The van der Waals surface area contributed by atoms with E-state index in [2.05, 4.69) is 15.6 Å². The molecule has 2 aromatic carbocycles. The fraction of sp³-hybridized carbons (Fsp3) is 0.150. The van der Waals surface area contributed by atoms with Crippen LogP contribution in [0.3, 0.4) is 0 Å². The molecule has 9 heteroatoms. The Hall–Kier alpha value is -3.62. The van der Waals surface area contributed by atoms with Crippen molar-refractivity contribution in [1.29, 1.82) is 0 Å². The Morgan fingerprint density at radius 1 is 1.07 bits per heavy atom. The Labute approximate surface area is 163 Å². The van der Waals surface area contributed by atoms with Gasteiger partial charge in [-0.05, 0) is 18.2 Å². The first kappa shape index (κ1) is 20.1. The summed E-state index contributed by atoms with van der Waals surface area (Å²) in [6, 6.07) is 10.0. The zero-order valence-corrected chi connectivity index (χ0v) is 15.4. The van der Waals surface area contributed by atoms with Gasteiger partial charge >= 0.3 is 6.18 Å². The van der Waals surface area contributed by atoms with E-state index < -0.39 is 23.2 Å². The van der Waals surface area contributed by atoms with Crippen molar-refractivity contribution in [3.05, 3.63) is 59.8 Å². The number of nitrogens with one attached hydrogen (secondary N) is 2. The molecule has 2 N–H and O–H groups in total. The van der Waals surface area contributed by atoms with Crippen molar-refractivity contribution in [3.63, 3.8) is 0 Å². The number of aromatic nitrogens is 1. The molecule has 0 fully saturated rings. The van der Waals surface area contributed by atoms with Crippen LogP contribution in [0.5, 0.6) is 5.75 Å². The second kappa shape index (κ2) is 7.78. The van der Waals surface area contributed by atoms with Crippen LogP contribution in [0.25, 0.3) is 10.9 Å². The van der Waals surface area contributed by atoms with Gasteiger partial charge in [0.1, 0.15) is 5.75 Å². The molecule has 0 aliphatic heterocycles. The predicted molar refractivity (Wildman–Crippen MR) is 102 cm³/mol. The van der Waals surface area contributed by atoms with Crippen LogP contribution in [-0.2, 0) is 11.0 Å². The van der Waals surface area contributed by atoms with E-state index in [0.717, 1.165) is 6.20 Å². The van der Waals surface area contributed by atoms with Crippen LogP contribution in [0.4, 0.5) is 24.5 Å². The van der Waals surface area contributed by atoms with Crippen LogP contribution in [-0.4, -0.2) is 23.9 Å². The number of nitrogens with zero attached hydrogens (tertiary/aromatic N) is 1. The van der Waals surface area contributed by atoms with Crippen LogP contribution < -0.4 is 15.4 Å². The van der Waals surface area contributed by atoms with Crippen molar-refractivity contribution in [2.45, 2.75) is 13.1 Å². The highest BCUT2D eigenvalue weighted by Crippen LogP contribution is 2.37. The molecule has 0 saturated heterocycles. The lowest BCUT2D eigenvalue weighted by Gasteiger charge is -2.16. The number of rotatable bonds is 4. The molecule has 0 atom stereocenters. The molecule has 0 radical (unpaired) electrons. The highest BCUT2D eigenvalue weighted by atomic mass is 19.4. The topological polar surface area (TPSA) is 80.3 Å². The molecule has 0 aliphatic carbocycles. The quantitative estimate of drug-likeness (QED) is 0.674. The number of ether oxygens (including phenoxy) is 1. The van der Waals surface area contributed by atoms with E-state index in [0.29, 0.717) is 5.69 Å². The van der Waals surface area contributed by atoms with Gasteiger partial charge < -0.3 is 15.4 Å². The summed E-state index contributed by atoms with van der Waals surface area (Å²) in [5, 5.41) is 4.81. The highest BCUT2D eigenvalue weighted by molar-refractivity contribution is 6.08. The number of halogens is 3. The summed E-state index contributed by atoms with van der Waals surface area (Å²) in [7, 11) is 1.36. The summed E-state index contributed by atoms with van der Waals surface area (Å²) in [5.74, 6) is -1.05. The van der Waals surface area contributed by atoms with E-state index in [-0.39, 0.29) is 28.2 Å². The van der Waals surface area contributed by atoms with Gasteiger partial charge in [-0.3, -0.25) is 14.6 Å². The molecule has 2 amide bonds. The lowest BCUT2D eigenvalue weighted by molar-refractivity contribution is -0.136. The summed E-state index contributed by atoms with van der Waals surface area (Å²) in [4.78, 5) is 27.8. The first-order valence-corrected chi connectivity index (χ1v) is 8.42. The van der Waals surface area contributed by atoms with E-state index in [1.54, 1.807) is 6.07 Å². The molecule has 0 unspecified atom stereocenters. The lowest BCUT2D eigenvalue weighted by atomic mass is 10.0. The number of benzene rings is 2. The van der Waals surface area contributed by atoms with Gasteiger partial charge in [0.05, 0.1) is 29.4 Å². The Balaban J connectivity index is 1.99. The largest absolute Gasteiger partial charge is 0.494 e. The standard InChI is InChI=1S/C20H16F3N3O3/c1-11(27)25-16-8-7-12(9-17(16)29-2)26-19(28)14-10-24-15-6-4-3-5-13(15)18(14)20(21,22)23/h3-10H,1-2H3,(H,25,27)(H,26,28). The molecular weight excluding hydrogens is 387 g/mol. The van der Waals surface area contributed by atoms with Gasteiger partial charge in [0.2, 0.25) is 5.91 Å². The van der Waals surface area contributed by atoms with Gasteiger partial charge in [-0.1, -0.05) is 18.2 Å². The Kier molecular flexibility index (Phi) is 5.40. The molecule has 1 aromatic heterocycles. The van der Waals surface area contributed by atoms with Crippen molar-refractivity contribution in [3.8, 4) is 5.75 Å². The minimum absolute atomic E-state index is 0.137.